The number of aryl methyl sites for hydroxylation is 1. The SMILES string of the molecule is Cc1c(C(=O)[O-])sc2ncnc(N3CCN(c4ccccc4)CC3)c12. The molecule has 0 unspecified atom stereocenters. The number of anilines is 2. The van der Waals surface area contributed by atoms with Gasteiger partial charge in [0.15, 0.2) is 0 Å². The first kappa shape index (κ1) is 15.8. The number of thiophene rings is 1. The number of carboxylic acid groups (broad SMARTS) is 1. The van der Waals surface area contributed by atoms with Crippen molar-refractivity contribution in [2.75, 3.05) is 36.0 Å². The first-order chi connectivity index (χ1) is 12.1. The maximum atomic E-state index is 11.3. The van der Waals surface area contributed by atoms with Gasteiger partial charge in [0.1, 0.15) is 17.0 Å². The minimum absolute atomic E-state index is 0.236. The highest BCUT2D eigenvalue weighted by atomic mass is 32.1. The summed E-state index contributed by atoms with van der Waals surface area (Å²) in [7, 11) is 0. The smallest absolute Gasteiger partial charge is 0.141 e. The molecule has 25 heavy (non-hydrogen) atoms. The first-order valence-electron chi connectivity index (χ1n) is 8.15. The highest BCUT2D eigenvalue weighted by molar-refractivity contribution is 7.20. The van der Waals surface area contributed by atoms with E-state index in [1.807, 2.05) is 18.2 Å². The van der Waals surface area contributed by atoms with E-state index in [9.17, 15) is 9.90 Å². The second kappa shape index (κ2) is 6.33. The van der Waals surface area contributed by atoms with E-state index < -0.39 is 5.97 Å². The molecule has 0 aliphatic carbocycles. The van der Waals surface area contributed by atoms with Crippen LogP contribution >= 0.6 is 11.3 Å². The molecule has 0 saturated carbocycles. The molecule has 0 spiro atoms. The van der Waals surface area contributed by atoms with Crippen LogP contribution in [0.4, 0.5) is 11.5 Å². The second-order valence-electron chi connectivity index (χ2n) is 6.03. The Morgan fingerprint density at radius 1 is 1.08 bits per heavy atom. The van der Waals surface area contributed by atoms with E-state index in [4.69, 9.17) is 0 Å². The van der Waals surface area contributed by atoms with Gasteiger partial charge in [-0.15, -0.1) is 11.3 Å². The van der Waals surface area contributed by atoms with Crippen LogP contribution in [0.15, 0.2) is 36.7 Å². The van der Waals surface area contributed by atoms with Crippen molar-refractivity contribution >= 4 is 39.0 Å². The van der Waals surface area contributed by atoms with Gasteiger partial charge >= 0.3 is 0 Å². The van der Waals surface area contributed by atoms with Crippen molar-refractivity contribution in [2.24, 2.45) is 0 Å². The monoisotopic (exact) mass is 353 g/mol. The molecule has 1 fully saturated rings. The van der Waals surface area contributed by atoms with Gasteiger partial charge in [0.2, 0.25) is 0 Å². The molecule has 6 nitrogen and oxygen atoms in total. The van der Waals surface area contributed by atoms with Crippen molar-refractivity contribution in [3.8, 4) is 0 Å². The van der Waals surface area contributed by atoms with E-state index in [1.165, 1.54) is 12.0 Å². The molecule has 2 aromatic heterocycles. The van der Waals surface area contributed by atoms with Crippen molar-refractivity contribution < 1.29 is 9.90 Å². The maximum absolute atomic E-state index is 11.3. The minimum Gasteiger partial charge on any atom is -0.544 e. The number of hydrogen-bond acceptors (Lipinski definition) is 7. The molecule has 4 rings (SSSR count). The molecule has 3 heterocycles. The number of benzene rings is 1. The summed E-state index contributed by atoms with van der Waals surface area (Å²) >= 11 is 1.16. The van der Waals surface area contributed by atoms with Gasteiger partial charge in [0, 0.05) is 31.9 Å². The molecule has 1 aliphatic heterocycles. The predicted molar refractivity (Wildman–Crippen MR) is 97.4 cm³/mol. The summed E-state index contributed by atoms with van der Waals surface area (Å²) in [6, 6.07) is 10.4. The molecule has 0 N–H and O–H groups in total. The van der Waals surface area contributed by atoms with Gasteiger partial charge in [-0.3, -0.25) is 0 Å². The van der Waals surface area contributed by atoms with Crippen LogP contribution in [0.3, 0.4) is 0 Å². The average molecular weight is 353 g/mol. The van der Waals surface area contributed by atoms with Crippen LogP contribution in [-0.4, -0.2) is 42.1 Å². The third-order valence-electron chi connectivity index (χ3n) is 4.59. The number of carbonyl (C=O) groups excluding carboxylic acids is 1. The van der Waals surface area contributed by atoms with Gasteiger partial charge < -0.3 is 19.7 Å². The minimum atomic E-state index is -1.15. The zero-order chi connectivity index (χ0) is 17.4. The van der Waals surface area contributed by atoms with Crippen molar-refractivity contribution in [1.82, 2.24) is 9.97 Å². The van der Waals surface area contributed by atoms with Crippen LogP contribution in [0, 0.1) is 6.92 Å². The normalized spacial score (nSPS) is 14.9. The van der Waals surface area contributed by atoms with Gasteiger partial charge in [-0.05, 0) is 24.6 Å². The van der Waals surface area contributed by atoms with Crippen molar-refractivity contribution in [1.29, 1.82) is 0 Å². The lowest BCUT2D eigenvalue weighted by Gasteiger charge is -2.37. The molecule has 0 radical (unpaired) electrons. The molecule has 0 amide bonds. The third kappa shape index (κ3) is 2.80. The number of piperazine rings is 1. The molecule has 7 heteroatoms. The van der Waals surface area contributed by atoms with Crippen LogP contribution in [-0.2, 0) is 0 Å². The van der Waals surface area contributed by atoms with E-state index >= 15 is 0 Å². The number of hydrogen-bond donors (Lipinski definition) is 0. The summed E-state index contributed by atoms with van der Waals surface area (Å²) in [6.45, 7) is 5.25. The summed E-state index contributed by atoms with van der Waals surface area (Å²) in [5.74, 6) is -0.334. The standard InChI is InChI=1S/C18H18N4O2S/c1-12-14-16(19-11-20-17(14)25-15(12)18(23)24)22-9-7-21(8-10-22)13-5-3-2-4-6-13/h2-6,11H,7-10H2,1H3,(H,23,24)/p-1. The maximum Gasteiger partial charge on any atom is 0.141 e. The number of rotatable bonds is 3. The predicted octanol–water partition coefficient (Wildman–Crippen LogP) is 1.69. The second-order valence-corrected chi connectivity index (χ2v) is 7.03. The largest absolute Gasteiger partial charge is 0.544 e. The summed E-state index contributed by atoms with van der Waals surface area (Å²) in [6.07, 6.45) is 1.51. The Bertz CT molecular complexity index is 917. The lowest BCUT2D eigenvalue weighted by atomic mass is 10.1. The molecule has 3 aromatic rings. The zero-order valence-corrected chi connectivity index (χ0v) is 14.6. The summed E-state index contributed by atoms with van der Waals surface area (Å²) < 4.78 is 0. The quantitative estimate of drug-likeness (QED) is 0.713. The van der Waals surface area contributed by atoms with Gasteiger partial charge in [0.05, 0.1) is 16.2 Å². The van der Waals surface area contributed by atoms with E-state index in [2.05, 4.69) is 31.9 Å². The van der Waals surface area contributed by atoms with Crippen LogP contribution in [0.2, 0.25) is 0 Å². The number of aromatic nitrogens is 2. The van der Waals surface area contributed by atoms with Crippen LogP contribution in [0.1, 0.15) is 15.2 Å². The Morgan fingerprint density at radius 2 is 1.76 bits per heavy atom. The van der Waals surface area contributed by atoms with Crippen LogP contribution in [0.25, 0.3) is 10.2 Å². The van der Waals surface area contributed by atoms with Gasteiger partial charge in [-0.1, -0.05) is 18.2 Å². The summed E-state index contributed by atoms with van der Waals surface area (Å²) in [4.78, 5) is 25.5. The average Bonchev–Trinajstić information content (AvgIpc) is 3.00. The summed E-state index contributed by atoms with van der Waals surface area (Å²) in [5.41, 5.74) is 1.92. The fourth-order valence-electron chi connectivity index (χ4n) is 3.30. The third-order valence-corrected chi connectivity index (χ3v) is 5.77. The Kier molecular flexibility index (Phi) is 4.01. The zero-order valence-electron chi connectivity index (χ0n) is 13.8. The Labute approximate surface area is 149 Å². The topological polar surface area (TPSA) is 72.4 Å². The highest BCUT2D eigenvalue weighted by Crippen LogP contribution is 2.35. The Balaban J connectivity index is 1.62. The number of carboxylic acids is 1. The lowest BCUT2D eigenvalue weighted by Crippen LogP contribution is -2.46. The van der Waals surface area contributed by atoms with Gasteiger partial charge in [0.25, 0.3) is 0 Å². The fraction of sp³-hybridized carbons (Fsp3) is 0.278. The molecule has 1 aromatic carbocycles. The number of para-hydroxylation sites is 1. The molecule has 128 valence electrons. The number of fused-ring (bicyclic) bond motifs is 1. The van der Waals surface area contributed by atoms with E-state index in [1.54, 1.807) is 6.92 Å². The van der Waals surface area contributed by atoms with Crippen molar-refractivity contribution in [3.05, 3.63) is 47.1 Å². The molecule has 0 atom stereocenters. The van der Waals surface area contributed by atoms with Crippen molar-refractivity contribution in [2.45, 2.75) is 6.92 Å². The number of carbonyl (C=O) groups is 1. The van der Waals surface area contributed by atoms with E-state index in [-0.39, 0.29) is 4.88 Å². The van der Waals surface area contributed by atoms with Crippen molar-refractivity contribution in [3.63, 3.8) is 0 Å². The number of nitrogens with zero attached hydrogens (tertiary/aromatic N) is 4. The van der Waals surface area contributed by atoms with E-state index in [0.717, 1.165) is 48.7 Å². The van der Waals surface area contributed by atoms with Crippen LogP contribution < -0.4 is 14.9 Å². The Hall–Kier alpha value is -2.67. The van der Waals surface area contributed by atoms with Gasteiger partial charge in [-0.25, -0.2) is 9.97 Å². The lowest BCUT2D eigenvalue weighted by molar-refractivity contribution is -0.254. The highest BCUT2D eigenvalue weighted by Gasteiger charge is 2.23. The molecule has 1 aliphatic rings. The van der Waals surface area contributed by atoms with Crippen LogP contribution in [0.5, 0.6) is 0 Å². The van der Waals surface area contributed by atoms with E-state index in [0.29, 0.717) is 10.4 Å². The molecule has 1 saturated heterocycles. The Morgan fingerprint density at radius 3 is 2.44 bits per heavy atom. The molecule has 0 bridgehead atoms. The molecular formula is C18H17N4O2S-. The first-order valence-corrected chi connectivity index (χ1v) is 8.97. The summed E-state index contributed by atoms with van der Waals surface area (Å²) in [5, 5.41) is 12.1. The number of aromatic carboxylic acids is 1. The fourth-order valence-corrected chi connectivity index (χ4v) is 4.28. The van der Waals surface area contributed by atoms with Gasteiger partial charge in [-0.2, -0.15) is 0 Å². The molecular weight excluding hydrogens is 336 g/mol.